The fourth-order valence-corrected chi connectivity index (χ4v) is 3.31. The van der Waals surface area contributed by atoms with Gasteiger partial charge in [-0.25, -0.2) is 0 Å². The number of morpholine rings is 1. The molecule has 3 rings (SSSR count). The first-order chi connectivity index (χ1) is 9.85. The van der Waals surface area contributed by atoms with Crippen molar-refractivity contribution in [1.82, 2.24) is 15.5 Å². The summed E-state index contributed by atoms with van der Waals surface area (Å²) in [7, 11) is 0. The highest BCUT2D eigenvalue weighted by Gasteiger charge is 2.25. The van der Waals surface area contributed by atoms with Gasteiger partial charge in [-0.15, -0.1) is 0 Å². The van der Waals surface area contributed by atoms with Crippen LogP contribution in [0.2, 0.25) is 0 Å². The summed E-state index contributed by atoms with van der Waals surface area (Å²) >= 11 is 0. The SMILES string of the molecule is CCC1CCC(c2noc(CC3COCCN3)n2)CC1. The molecule has 0 aromatic carbocycles. The minimum atomic E-state index is 0.313. The fraction of sp³-hybridized carbons (Fsp3) is 0.867. The van der Waals surface area contributed by atoms with Crippen LogP contribution in [0, 0.1) is 5.92 Å². The Bertz CT molecular complexity index is 407. The Hall–Kier alpha value is -0.940. The number of hydrogen-bond acceptors (Lipinski definition) is 5. The molecule has 5 heteroatoms. The molecule has 0 spiro atoms. The van der Waals surface area contributed by atoms with Gasteiger partial charge in [0.2, 0.25) is 5.89 Å². The summed E-state index contributed by atoms with van der Waals surface area (Å²) in [6, 6.07) is 0.313. The van der Waals surface area contributed by atoms with Crippen LogP contribution in [-0.2, 0) is 11.2 Å². The van der Waals surface area contributed by atoms with Crippen LogP contribution in [-0.4, -0.2) is 35.9 Å². The van der Waals surface area contributed by atoms with Crippen molar-refractivity contribution in [2.75, 3.05) is 19.8 Å². The van der Waals surface area contributed by atoms with E-state index in [2.05, 4.69) is 22.4 Å². The number of rotatable bonds is 4. The van der Waals surface area contributed by atoms with E-state index in [1.165, 1.54) is 32.1 Å². The molecule has 1 aromatic rings. The number of aromatic nitrogens is 2. The molecule has 1 atom stereocenters. The van der Waals surface area contributed by atoms with E-state index in [1.807, 2.05) is 0 Å². The molecule has 1 aliphatic heterocycles. The van der Waals surface area contributed by atoms with Crippen LogP contribution in [0.4, 0.5) is 0 Å². The summed E-state index contributed by atoms with van der Waals surface area (Å²) in [5.74, 6) is 3.08. The molecule has 1 aliphatic carbocycles. The minimum Gasteiger partial charge on any atom is -0.378 e. The van der Waals surface area contributed by atoms with E-state index in [-0.39, 0.29) is 0 Å². The van der Waals surface area contributed by atoms with Crippen LogP contribution in [0.5, 0.6) is 0 Å². The van der Waals surface area contributed by atoms with Crippen molar-refractivity contribution >= 4 is 0 Å². The molecule has 112 valence electrons. The predicted octanol–water partition coefficient (Wildman–Crippen LogP) is 2.28. The largest absolute Gasteiger partial charge is 0.378 e. The Balaban J connectivity index is 1.54. The lowest BCUT2D eigenvalue weighted by Crippen LogP contribution is -2.42. The third-order valence-corrected chi connectivity index (χ3v) is 4.69. The van der Waals surface area contributed by atoms with E-state index in [1.54, 1.807) is 0 Å². The average Bonchev–Trinajstić information content (AvgIpc) is 2.97. The predicted molar refractivity (Wildman–Crippen MR) is 75.6 cm³/mol. The van der Waals surface area contributed by atoms with Gasteiger partial charge >= 0.3 is 0 Å². The van der Waals surface area contributed by atoms with Crippen molar-refractivity contribution in [3.63, 3.8) is 0 Å². The maximum atomic E-state index is 5.45. The van der Waals surface area contributed by atoms with Gasteiger partial charge in [0.15, 0.2) is 5.82 Å². The number of hydrogen-bond donors (Lipinski definition) is 1. The van der Waals surface area contributed by atoms with E-state index in [4.69, 9.17) is 9.26 Å². The van der Waals surface area contributed by atoms with Crippen molar-refractivity contribution in [1.29, 1.82) is 0 Å². The Morgan fingerprint density at radius 2 is 2.10 bits per heavy atom. The molecule has 0 amide bonds. The lowest BCUT2D eigenvalue weighted by atomic mass is 9.80. The summed E-state index contributed by atoms with van der Waals surface area (Å²) < 4.78 is 10.9. The fourth-order valence-electron chi connectivity index (χ4n) is 3.31. The molecule has 1 saturated carbocycles. The van der Waals surface area contributed by atoms with Crippen LogP contribution in [0.25, 0.3) is 0 Å². The van der Waals surface area contributed by atoms with Crippen molar-refractivity contribution < 1.29 is 9.26 Å². The molecular formula is C15H25N3O2. The molecule has 2 fully saturated rings. The maximum Gasteiger partial charge on any atom is 0.228 e. The quantitative estimate of drug-likeness (QED) is 0.916. The van der Waals surface area contributed by atoms with E-state index < -0.39 is 0 Å². The lowest BCUT2D eigenvalue weighted by molar-refractivity contribution is 0.0744. The van der Waals surface area contributed by atoms with E-state index in [9.17, 15) is 0 Å². The highest BCUT2D eigenvalue weighted by atomic mass is 16.5. The Labute approximate surface area is 120 Å². The molecular weight excluding hydrogens is 254 g/mol. The van der Waals surface area contributed by atoms with Gasteiger partial charge in [-0.05, 0) is 31.6 Å². The third kappa shape index (κ3) is 3.38. The second-order valence-corrected chi connectivity index (χ2v) is 6.10. The van der Waals surface area contributed by atoms with Crippen LogP contribution in [0.3, 0.4) is 0 Å². The summed E-state index contributed by atoms with van der Waals surface area (Å²) in [4.78, 5) is 4.61. The minimum absolute atomic E-state index is 0.313. The maximum absolute atomic E-state index is 5.45. The Morgan fingerprint density at radius 3 is 2.80 bits per heavy atom. The van der Waals surface area contributed by atoms with Gasteiger partial charge in [-0.1, -0.05) is 18.5 Å². The molecule has 20 heavy (non-hydrogen) atoms. The van der Waals surface area contributed by atoms with E-state index in [0.717, 1.165) is 43.8 Å². The Kier molecular flexibility index (Phi) is 4.68. The lowest BCUT2D eigenvalue weighted by Gasteiger charge is -2.25. The molecule has 5 nitrogen and oxygen atoms in total. The number of nitrogens with one attached hydrogen (secondary N) is 1. The van der Waals surface area contributed by atoms with E-state index in [0.29, 0.717) is 12.0 Å². The first-order valence-electron chi connectivity index (χ1n) is 7.98. The molecule has 1 saturated heterocycles. The van der Waals surface area contributed by atoms with Gasteiger partial charge in [0.05, 0.1) is 13.2 Å². The molecule has 0 bridgehead atoms. The Morgan fingerprint density at radius 1 is 1.25 bits per heavy atom. The van der Waals surface area contributed by atoms with Crippen molar-refractivity contribution in [2.45, 2.75) is 57.4 Å². The van der Waals surface area contributed by atoms with Gasteiger partial charge in [0.25, 0.3) is 0 Å². The smallest absolute Gasteiger partial charge is 0.228 e. The summed E-state index contributed by atoms with van der Waals surface area (Å²) in [6.07, 6.45) is 7.12. The molecule has 1 N–H and O–H groups in total. The average molecular weight is 279 g/mol. The molecule has 2 aliphatic rings. The van der Waals surface area contributed by atoms with Gasteiger partial charge in [0.1, 0.15) is 0 Å². The second kappa shape index (κ2) is 6.68. The zero-order valence-corrected chi connectivity index (χ0v) is 12.3. The van der Waals surface area contributed by atoms with Gasteiger partial charge in [0, 0.05) is 24.9 Å². The topological polar surface area (TPSA) is 60.2 Å². The highest BCUT2D eigenvalue weighted by molar-refractivity contribution is 4.99. The van der Waals surface area contributed by atoms with Crippen molar-refractivity contribution in [3.05, 3.63) is 11.7 Å². The first-order valence-corrected chi connectivity index (χ1v) is 7.98. The van der Waals surface area contributed by atoms with Gasteiger partial charge < -0.3 is 14.6 Å². The summed E-state index contributed by atoms with van der Waals surface area (Å²) in [5.41, 5.74) is 0. The van der Waals surface area contributed by atoms with Crippen LogP contribution >= 0.6 is 0 Å². The zero-order chi connectivity index (χ0) is 13.8. The highest BCUT2D eigenvalue weighted by Crippen LogP contribution is 2.35. The van der Waals surface area contributed by atoms with Gasteiger partial charge in [-0.3, -0.25) is 0 Å². The van der Waals surface area contributed by atoms with Crippen molar-refractivity contribution in [2.24, 2.45) is 5.92 Å². The standard InChI is InChI=1S/C15H25N3O2/c1-2-11-3-5-12(6-4-11)15-17-14(20-18-15)9-13-10-19-8-7-16-13/h11-13,16H,2-10H2,1H3. The molecule has 2 heterocycles. The van der Waals surface area contributed by atoms with Crippen LogP contribution in [0.1, 0.15) is 56.7 Å². The first kappa shape index (κ1) is 14.0. The molecule has 0 radical (unpaired) electrons. The number of ether oxygens (including phenoxy) is 1. The molecule has 1 unspecified atom stereocenters. The normalized spacial score (nSPS) is 31.4. The van der Waals surface area contributed by atoms with Gasteiger partial charge in [-0.2, -0.15) is 4.98 Å². The van der Waals surface area contributed by atoms with Crippen LogP contribution in [0.15, 0.2) is 4.52 Å². The number of nitrogens with zero attached hydrogens (tertiary/aromatic N) is 2. The zero-order valence-electron chi connectivity index (χ0n) is 12.3. The monoisotopic (exact) mass is 279 g/mol. The third-order valence-electron chi connectivity index (χ3n) is 4.69. The molecule has 1 aromatic heterocycles. The summed E-state index contributed by atoms with van der Waals surface area (Å²) in [5, 5.41) is 7.62. The van der Waals surface area contributed by atoms with E-state index >= 15 is 0 Å². The second-order valence-electron chi connectivity index (χ2n) is 6.10. The van der Waals surface area contributed by atoms with Crippen molar-refractivity contribution in [3.8, 4) is 0 Å². The summed E-state index contributed by atoms with van der Waals surface area (Å²) in [6.45, 7) is 4.73. The van der Waals surface area contributed by atoms with Crippen LogP contribution < -0.4 is 5.32 Å².